The number of fused-ring (bicyclic) bond motifs is 1. The molecule has 0 radical (unpaired) electrons. The second kappa shape index (κ2) is 6.02. The van der Waals surface area contributed by atoms with Gasteiger partial charge in [-0.3, -0.25) is 0 Å². The maximum Gasteiger partial charge on any atom is 0.416 e. The number of halogens is 5. The number of benzene rings is 2. The molecule has 0 spiro atoms. The maximum absolute atomic E-state index is 13.6. The van der Waals surface area contributed by atoms with Gasteiger partial charge < -0.3 is 5.32 Å². The highest BCUT2D eigenvalue weighted by atomic mass is 35.5. The second-order valence-corrected chi connectivity index (χ2v) is 6.35. The normalized spacial score (nSPS) is 13.6. The lowest BCUT2D eigenvalue weighted by Gasteiger charge is -2.12. The van der Waals surface area contributed by atoms with Gasteiger partial charge in [0, 0.05) is 17.7 Å². The summed E-state index contributed by atoms with van der Waals surface area (Å²) in [6, 6.07) is 9.03. The van der Waals surface area contributed by atoms with Gasteiger partial charge in [-0.15, -0.1) is 0 Å². The van der Waals surface area contributed by atoms with Crippen LogP contribution < -0.4 is 5.32 Å². The molecule has 3 aromatic rings. The Morgan fingerprint density at radius 2 is 1.92 bits per heavy atom. The summed E-state index contributed by atoms with van der Waals surface area (Å²) >= 11 is 6.15. The Morgan fingerprint density at radius 3 is 2.65 bits per heavy atom. The Morgan fingerprint density at radius 1 is 1.12 bits per heavy atom. The molecule has 0 unspecified atom stereocenters. The van der Waals surface area contributed by atoms with Crippen molar-refractivity contribution in [3.63, 3.8) is 0 Å². The zero-order valence-corrected chi connectivity index (χ0v) is 14.0. The highest BCUT2D eigenvalue weighted by Crippen LogP contribution is 2.38. The Kier molecular flexibility index (Phi) is 3.91. The van der Waals surface area contributed by atoms with E-state index in [1.165, 1.54) is 22.9 Å². The van der Waals surface area contributed by atoms with Crippen molar-refractivity contribution >= 4 is 17.4 Å². The number of alkyl halides is 3. The first-order valence-corrected chi connectivity index (χ1v) is 8.21. The van der Waals surface area contributed by atoms with E-state index in [2.05, 4.69) is 10.4 Å². The quantitative estimate of drug-likeness (QED) is 0.609. The van der Waals surface area contributed by atoms with Crippen LogP contribution in [-0.4, -0.2) is 16.3 Å². The number of rotatable bonds is 2. The molecule has 4 rings (SSSR count). The minimum absolute atomic E-state index is 0.120. The fourth-order valence-electron chi connectivity index (χ4n) is 3.07. The second-order valence-electron chi connectivity index (χ2n) is 5.94. The van der Waals surface area contributed by atoms with Crippen LogP contribution in [0.25, 0.3) is 16.9 Å². The molecule has 0 aliphatic carbocycles. The SMILES string of the molecule is Fc1cccc(-c2nn(-c3cc(C(F)(F)F)ccc3Cl)c3c2CCN3)c1. The molecule has 2 aromatic carbocycles. The zero-order chi connectivity index (χ0) is 18.5. The summed E-state index contributed by atoms with van der Waals surface area (Å²) in [5, 5.41) is 7.70. The van der Waals surface area contributed by atoms with Crippen LogP contribution in [0.1, 0.15) is 11.1 Å². The molecule has 0 atom stereocenters. The summed E-state index contributed by atoms with van der Waals surface area (Å²) in [6.45, 7) is 0.617. The van der Waals surface area contributed by atoms with E-state index in [0.717, 1.165) is 17.7 Å². The number of anilines is 1. The Bertz CT molecular complexity index is 995. The monoisotopic (exact) mass is 381 g/mol. The van der Waals surface area contributed by atoms with Crippen molar-refractivity contribution in [2.24, 2.45) is 0 Å². The zero-order valence-electron chi connectivity index (χ0n) is 13.2. The number of nitrogens with zero attached hydrogens (tertiary/aromatic N) is 2. The van der Waals surface area contributed by atoms with Crippen molar-refractivity contribution in [1.29, 1.82) is 0 Å². The minimum Gasteiger partial charge on any atom is -0.369 e. The summed E-state index contributed by atoms with van der Waals surface area (Å²) in [4.78, 5) is 0. The van der Waals surface area contributed by atoms with E-state index in [1.807, 2.05) is 0 Å². The number of hydrogen-bond donors (Lipinski definition) is 1. The van der Waals surface area contributed by atoms with Crippen LogP contribution in [0.2, 0.25) is 5.02 Å². The molecular weight excluding hydrogens is 370 g/mol. The highest BCUT2D eigenvalue weighted by molar-refractivity contribution is 6.32. The summed E-state index contributed by atoms with van der Waals surface area (Å²) in [5.74, 6) is 0.166. The van der Waals surface area contributed by atoms with Gasteiger partial charge in [0.25, 0.3) is 0 Å². The molecule has 8 heteroatoms. The summed E-state index contributed by atoms with van der Waals surface area (Å²) in [5.41, 5.74) is 1.22. The first kappa shape index (κ1) is 16.9. The third kappa shape index (κ3) is 2.82. The van der Waals surface area contributed by atoms with Crippen LogP contribution in [0.5, 0.6) is 0 Å². The van der Waals surface area contributed by atoms with Gasteiger partial charge in [0.2, 0.25) is 0 Å². The van der Waals surface area contributed by atoms with Crippen LogP contribution in [0.4, 0.5) is 23.4 Å². The topological polar surface area (TPSA) is 29.9 Å². The van der Waals surface area contributed by atoms with E-state index in [0.29, 0.717) is 30.0 Å². The molecule has 1 aliphatic heterocycles. The van der Waals surface area contributed by atoms with Gasteiger partial charge in [-0.05, 0) is 36.8 Å². The Labute approximate surface area is 151 Å². The lowest BCUT2D eigenvalue weighted by atomic mass is 10.1. The highest BCUT2D eigenvalue weighted by Gasteiger charge is 2.32. The Hall–Kier alpha value is -2.54. The smallest absolute Gasteiger partial charge is 0.369 e. The first-order valence-electron chi connectivity index (χ1n) is 7.83. The molecule has 0 saturated heterocycles. The van der Waals surface area contributed by atoms with Gasteiger partial charge in [0.05, 0.1) is 22.0 Å². The summed E-state index contributed by atoms with van der Waals surface area (Å²) < 4.78 is 54.2. The maximum atomic E-state index is 13.6. The standard InChI is InChI=1S/C18H12ClF4N3/c19-14-5-4-11(18(21,22)23)9-15(14)26-17-13(6-7-24-17)16(25-26)10-2-1-3-12(20)8-10/h1-5,8-9,24H,6-7H2. The molecule has 1 aromatic heterocycles. The van der Waals surface area contributed by atoms with Gasteiger partial charge in [0.1, 0.15) is 11.6 Å². The summed E-state index contributed by atoms with van der Waals surface area (Å²) in [6.07, 6.45) is -3.85. The van der Waals surface area contributed by atoms with Crippen molar-refractivity contribution in [3.8, 4) is 16.9 Å². The van der Waals surface area contributed by atoms with E-state index >= 15 is 0 Å². The lowest BCUT2D eigenvalue weighted by molar-refractivity contribution is -0.137. The Balaban J connectivity index is 1.91. The van der Waals surface area contributed by atoms with Crippen molar-refractivity contribution < 1.29 is 17.6 Å². The van der Waals surface area contributed by atoms with Gasteiger partial charge in [0.15, 0.2) is 0 Å². The fourth-order valence-corrected chi connectivity index (χ4v) is 3.27. The third-order valence-corrected chi connectivity index (χ3v) is 4.57. The molecule has 26 heavy (non-hydrogen) atoms. The van der Waals surface area contributed by atoms with Crippen molar-refractivity contribution in [2.45, 2.75) is 12.6 Å². The predicted molar refractivity (Wildman–Crippen MR) is 91.2 cm³/mol. The van der Waals surface area contributed by atoms with E-state index < -0.39 is 17.6 Å². The van der Waals surface area contributed by atoms with Gasteiger partial charge >= 0.3 is 6.18 Å². The number of hydrogen-bond acceptors (Lipinski definition) is 2. The van der Waals surface area contributed by atoms with Crippen molar-refractivity contribution in [1.82, 2.24) is 9.78 Å². The molecule has 3 nitrogen and oxygen atoms in total. The van der Waals surface area contributed by atoms with Crippen molar-refractivity contribution in [2.75, 3.05) is 11.9 Å². The van der Waals surface area contributed by atoms with Gasteiger partial charge in [-0.1, -0.05) is 23.7 Å². The molecule has 0 saturated carbocycles. The predicted octanol–water partition coefficient (Wildman–Crippen LogP) is 5.32. The largest absolute Gasteiger partial charge is 0.416 e. The first-order chi connectivity index (χ1) is 12.3. The van der Waals surface area contributed by atoms with Crippen LogP contribution in [0.3, 0.4) is 0 Å². The molecule has 0 bridgehead atoms. The van der Waals surface area contributed by atoms with E-state index in [-0.39, 0.29) is 10.7 Å². The molecule has 1 aliphatic rings. The third-order valence-electron chi connectivity index (χ3n) is 4.25. The number of nitrogens with one attached hydrogen (secondary N) is 1. The minimum atomic E-state index is -4.49. The molecule has 0 fully saturated rings. The van der Waals surface area contributed by atoms with Crippen LogP contribution in [-0.2, 0) is 12.6 Å². The molecule has 2 heterocycles. The van der Waals surface area contributed by atoms with Crippen LogP contribution in [0, 0.1) is 5.82 Å². The van der Waals surface area contributed by atoms with E-state index in [1.54, 1.807) is 12.1 Å². The fraction of sp³-hybridized carbons (Fsp3) is 0.167. The van der Waals surface area contributed by atoms with Crippen LogP contribution in [0.15, 0.2) is 42.5 Å². The van der Waals surface area contributed by atoms with Crippen molar-refractivity contribution in [3.05, 3.63) is 64.4 Å². The average Bonchev–Trinajstić information content (AvgIpc) is 3.16. The van der Waals surface area contributed by atoms with Crippen LogP contribution >= 0.6 is 11.6 Å². The summed E-state index contributed by atoms with van der Waals surface area (Å²) in [7, 11) is 0. The van der Waals surface area contributed by atoms with Gasteiger partial charge in [-0.2, -0.15) is 18.3 Å². The van der Waals surface area contributed by atoms with E-state index in [4.69, 9.17) is 11.6 Å². The lowest BCUT2D eigenvalue weighted by Crippen LogP contribution is -2.09. The molecule has 1 N–H and O–H groups in total. The molecular formula is C18H12ClF4N3. The average molecular weight is 382 g/mol. The van der Waals surface area contributed by atoms with E-state index in [9.17, 15) is 17.6 Å². The number of aromatic nitrogens is 2. The molecule has 0 amide bonds. The molecule has 134 valence electrons. The van der Waals surface area contributed by atoms with Gasteiger partial charge in [-0.25, -0.2) is 9.07 Å².